The van der Waals surface area contributed by atoms with Crippen molar-refractivity contribution in [1.82, 2.24) is 30.3 Å². The summed E-state index contributed by atoms with van der Waals surface area (Å²) >= 11 is 7.05. The third kappa shape index (κ3) is 7.82. The van der Waals surface area contributed by atoms with Gasteiger partial charge < -0.3 is 25.8 Å². The monoisotopic (exact) mass is 619 g/mol. The predicted molar refractivity (Wildman–Crippen MR) is 157 cm³/mol. The molecule has 4 atom stereocenters. The summed E-state index contributed by atoms with van der Waals surface area (Å²) in [6, 6.07) is 3.07. The summed E-state index contributed by atoms with van der Waals surface area (Å²) in [7, 11) is 3.27. The van der Waals surface area contributed by atoms with Crippen LogP contribution in [-0.4, -0.2) is 89.8 Å². The van der Waals surface area contributed by atoms with Gasteiger partial charge in [0.1, 0.15) is 24.6 Å². The number of fused-ring (bicyclic) bond motifs is 2. The van der Waals surface area contributed by atoms with Gasteiger partial charge in [-0.2, -0.15) is 0 Å². The predicted octanol–water partition coefficient (Wildman–Crippen LogP) is 0.453. The highest BCUT2D eigenvalue weighted by atomic mass is 35.5. The number of piperidine rings is 1. The molecule has 2 bridgehead atoms. The molecular formula is C27H34ClN7O6S. The van der Waals surface area contributed by atoms with Crippen molar-refractivity contribution in [3.63, 3.8) is 0 Å². The van der Waals surface area contributed by atoms with Gasteiger partial charge in [-0.25, -0.2) is 0 Å². The Morgan fingerprint density at radius 2 is 1.98 bits per heavy atom. The van der Waals surface area contributed by atoms with Gasteiger partial charge in [-0.15, -0.1) is 11.3 Å². The Hall–Kier alpha value is -3.59. The van der Waals surface area contributed by atoms with Crippen LogP contribution in [0.15, 0.2) is 34.6 Å². The van der Waals surface area contributed by atoms with Crippen LogP contribution in [0.3, 0.4) is 0 Å². The first-order valence-electron chi connectivity index (χ1n) is 13.6. The lowest BCUT2D eigenvalue weighted by molar-refractivity contribution is -0.137. The molecule has 0 radical (unpaired) electrons. The van der Waals surface area contributed by atoms with Crippen molar-refractivity contribution < 1.29 is 24.0 Å². The van der Waals surface area contributed by atoms with E-state index in [1.165, 1.54) is 47.8 Å². The molecule has 13 nitrogen and oxygen atoms in total. The van der Waals surface area contributed by atoms with Crippen molar-refractivity contribution in [3.05, 3.63) is 50.0 Å². The molecule has 2 aliphatic heterocycles. The van der Waals surface area contributed by atoms with Crippen LogP contribution in [0.2, 0.25) is 4.34 Å². The molecule has 42 heavy (non-hydrogen) atoms. The molecular weight excluding hydrogens is 586 g/mol. The van der Waals surface area contributed by atoms with Gasteiger partial charge >= 0.3 is 0 Å². The molecule has 226 valence electrons. The number of Topliss-reactive ketones (excluding diaryl/α,β-unsaturated/α-hetero) is 1. The Balaban J connectivity index is 1.43. The van der Waals surface area contributed by atoms with E-state index in [9.17, 15) is 28.8 Å². The van der Waals surface area contributed by atoms with Crippen LogP contribution in [-0.2, 0) is 25.7 Å². The van der Waals surface area contributed by atoms with Crippen molar-refractivity contribution in [2.24, 2.45) is 5.92 Å². The molecule has 4 N–H and O–H groups in total. The molecule has 2 aromatic rings. The molecule has 2 fully saturated rings. The first kappa shape index (κ1) is 31.3. The van der Waals surface area contributed by atoms with Crippen LogP contribution in [0.1, 0.15) is 36.0 Å². The number of amides is 4. The number of ketones is 1. The van der Waals surface area contributed by atoms with Crippen molar-refractivity contribution in [1.29, 1.82) is 0 Å². The minimum Gasteiger partial charge on any atom is -0.353 e. The van der Waals surface area contributed by atoms with Crippen LogP contribution in [0.5, 0.6) is 0 Å². The zero-order valence-corrected chi connectivity index (χ0v) is 24.9. The smallest absolute Gasteiger partial charge is 0.287 e. The topological polar surface area (TPSA) is 162 Å². The van der Waals surface area contributed by atoms with E-state index in [4.69, 9.17) is 11.6 Å². The zero-order chi connectivity index (χ0) is 30.4. The number of thiophene rings is 1. The summed E-state index contributed by atoms with van der Waals surface area (Å²) in [5.41, 5.74) is -0.510. The maximum Gasteiger partial charge on any atom is 0.287 e. The quantitative estimate of drug-likeness (QED) is 0.264. The van der Waals surface area contributed by atoms with Gasteiger partial charge in [0.15, 0.2) is 0 Å². The highest BCUT2D eigenvalue weighted by Gasteiger charge is 2.35. The maximum atomic E-state index is 13.2. The molecule has 2 aromatic heterocycles. The summed E-state index contributed by atoms with van der Waals surface area (Å²) in [5.74, 6) is -2.74. The highest BCUT2D eigenvalue weighted by molar-refractivity contribution is 7.14. The summed E-state index contributed by atoms with van der Waals surface area (Å²) in [6.45, 7) is 2.43. The summed E-state index contributed by atoms with van der Waals surface area (Å²) in [5, 5.41) is 11.8. The molecule has 0 spiro atoms. The fourth-order valence-corrected chi connectivity index (χ4v) is 6.11. The summed E-state index contributed by atoms with van der Waals surface area (Å²) in [4.78, 5) is 80.1. The number of aromatic nitrogens is 1. The Kier molecular flexibility index (Phi) is 10.5. The van der Waals surface area contributed by atoms with Crippen LogP contribution < -0.4 is 26.8 Å². The van der Waals surface area contributed by atoms with Gasteiger partial charge in [0, 0.05) is 44.7 Å². The van der Waals surface area contributed by atoms with E-state index in [-0.39, 0.29) is 42.8 Å². The molecule has 4 amide bonds. The summed E-state index contributed by atoms with van der Waals surface area (Å²) < 4.78 is 1.56. The Bertz CT molecular complexity index is 1410. The normalized spacial score (nSPS) is 20.7. The van der Waals surface area contributed by atoms with E-state index in [0.29, 0.717) is 10.3 Å². The molecule has 4 heterocycles. The van der Waals surface area contributed by atoms with Crippen molar-refractivity contribution >= 4 is 58.0 Å². The van der Waals surface area contributed by atoms with Gasteiger partial charge in [-0.05, 0) is 50.4 Å². The largest absolute Gasteiger partial charge is 0.353 e. The number of pyridine rings is 1. The standard InChI is InChI=1S/C27H34ClN7O6S/c1-29-25(40)20(36)8-7-18(30-23(38)17-11-21(28)42-15-17)24(39)31-19-6-4-9-34(26(19)41)14-22(37)32-27-33(2)12-16-5-3-10-35(27)13-16/h4,6,9,11,15-16,18,27H,3,5,7-8,10,12-14H2,1-2H3,(H,29,40)(H,30,38)(H,31,39)(H,32,37)/t16?,18-,27?/m0/s1. The molecule has 2 aliphatic rings. The van der Waals surface area contributed by atoms with Crippen molar-refractivity contribution in [3.8, 4) is 0 Å². The second-order valence-electron chi connectivity index (χ2n) is 10.4. The van der Waals surface area contributed by atoms with E-state index in [2.05, 4.69) is 31.1 Å². The number of anilines is 1. The number of nitrogens with one attached hydrogen (secondary N) is 4. The first-order chi connectivity index (χ1) is 20.0. The Morgan fingerprint density at radius 1 is 1.19 bits per heavy atom. The zero-order valence-electron chi connectivity index (χ0n) is 23.4. The molecule has 0 saturated carbocycles. The van der Waals surface area contributed by atoms with Gasteiger partial charge in [-0.3, -0.25) is 38.6 Å². The minimum atomic E-state index is -1.25. The highest BCUT2D eigenvalue weighted by Crippen LogP contribution is 2.25. The first-order valence-corrected chi connectivity index (χ1v) is 14.8. The maximum absolute atomic E-state index is 13.2. The average Bonchev–Trinajstić information content (AvgIpc) is 3.41. The molecule has 2 saturated heterocycles. The second-order valence-corrected chi connectivity index (χ2v) is 12.0. The lowest BCUT2D eigenvalue weighted by Crippen LogP contribution is -2.65. The van der Waals surface area contributed by atoms with E-state index >= 15 is 0 Å². The number of carbonyl (C=O) groups excluding carboxylic acids is 5. The van der Waals surface area contributed by atoms with Crippen molar-refractivity contribution in [2.45, 2.75) is 44.6 Å². The molecule has 3 unspecified atom stereocenters. The number of carbonyl (C=O) groups is 5. The number of nitrogens with zero attached hydrogens (tertiary/aromatic N) is 3. The fraction of sp³-hybridized carbons (Fsp3) is 0.481. The van der Waals surface area contributed by atoms with Crippen LogP contribution in [0.25, 0.3) is 0 Å². The Morgan fingerprint density at radius 3 is 2.69 bits per heavy atom. The number of rotatable bonds is 11. The second kappa shape index (κ2) is 14.1. The van der Waals surface area contributed by atoms with Crippen LogP contribution >= 0.6 is 22.9 Å². The van der Waals surface area contributed by atoms with Gasteiger partial charge in [0.25, 0.3) is 17.4 Å². The summed E-state index contributed by atoms with van der Waals surface area (Å²) in [6.07, 6.45) is 2.92. The van der Waals surface area contributed by atoms with Crippen molar-refractivity contribution in [2.75, 3.05) is 39.0 Å². The minimum absolute atomic E-state index is 0.112. The van der Waals surface area contributed by atoms with Gasteiger partial charge in [0.05, 0.1) is 9.90 Å². The van der Waals surface area contributed by atoms with E-state index in [1.54, 1.807) is 0 Å². The Labute approximate surface area is 251 Å². The van der Waals surface area contributed by atoms with E-state index < -0.39 is 35.1 Å². The van der Waals surface area contributed by atoms with Crippen LogP contribution in [0.4, 0.5) is 5.69 Å². The molecule has 0 aliphatic carbocycles. The molecule has 0 aromatic carbocycles. The lowest BCUT2D eigenvalue weighted by atomic mass is 9.95. The lowest BCUT2D eigenvalue weighted by Gasteiger charge is -2.48. The fourth-order valence-electron chi connectivity index (χ4n) is 5.24. The molecule has 15 heteroatoms. The van der Waals surface area contributed by atoms with E-state index in [1.807, 2.05) is 7.05 Å². The van der Waals surface area contributed by atoms with Crippen LogP contribution in [0, 0.1) is 5.92 Å². The van der Waals surface area contributed by atoms with Gasteiger partial charge in [-0.1, -0.05) is 11.6 Å². The van der Waals surface area contributed by atoms with Gasteiger partial charge in [0.2, 0.25) is 17.6 Å². The molecule has 4 rings (SSSR count). The van der Waals surface area contributed by atoms with E-state index in [0.717, 1.165) is 37.4 Å². The number of hydrogen-bond donors (Lipinski definition) is 4. The number of hydrogen-bond acceptors (Lipinski definition) is 9. The SMILES string of the molecule is CNC(=O)C(=O)CC[C@H](NC(=O)c1csc(Cl)c1)C(=O)Nc1cccn(CC(=O)NC2N(C)CC3CCCN2C3)c1=O. The number of halogens is 1. The average molecular weight is 620 g/mol. The third-order valence-corrected chi connectivity index (χ3v) is 8.43. The number of likely N-dealkylation sites (N-methyl/N-ethyl adjacent to an activating group) is 1. The third-order valence-electron chi connectivity index (χ3n) is 7.33.